The van der Waals surface area contributed by atoms with E-state index in [4.69, 9.17) is 10.5 Å². The molecule has 0 spiro atoms. The van der Waals surface area contributed by atoms with Crippen molar-refractivity contribution in [1.29, 1.82) is 0 Å². The summed E-state index contributed by atoms with van der Waals surface area (Å²) in [5, 5.41) is 0. The van der Waals surface area contributed by atoms with Gasteiger partial charge < -0.3 is 10.5 Å². The van der Waals surface area contributed by atoms with Crippen LogP contribution >= 0.6 is 12.4 Å². The fraction of sp³-hybridized carbons (Fsp3) is 0.389. The van der Waals surface area contributed by atoms with Gasteiger partial charge in [0.1, 0.15) is 12.4 Å². The standard InChI is InChI=1S/C18H23N3O.ClH/c1-14-10-21(12-18(14)19)11-15-5-4-7-17(9-15)22-13-16-6-2-3-8-20-16;/h2-9,14,18H,10-13,19H2,1H3;1H. The van der Waals surface area contributed by atoms with Gasteiger partial charge in [0, 0.05) is 31.9 Å². The van der Waals surface area contributed by atoms with Crippen LogP contribution in [0.2, 0.25) is 0 Å². The molecule has 1 fully saturated rings. The van der Waals surface area contributed by atoms with Crippen molar-refractivity contribution in [2.75, 3.05) is 13.1 Å². The van der Waals surface area contributed by atoms with Crippen molar-refractivity contribution >= 4 is 12.4 Å². The van der Waals surface area contributed by atoms with E-state index in [1.807, 2.05) is 30.3 Å². The molecule has 0 amide bonds. The first kappa shape index (κ1) is 17.7. The molecule has 2 atom stereocenters. The van der Waals surface area contributed by atoms with Crippen LogP contribution in [0.25, 0.3) is 0 Å². The van der Waals surface area contributed by atoms with Crippen molar-refractivity contribution in [3.05, 3.63) is 59.9 Å². The first-order valence-electron chi connectivity index (χ1n) is 7.80. The molecule has 2 aromatic rings. The lowest BCUT2D eigenvalue weighted by Gasteiger charge is -2.16. The van der Waals surface area contributed by atoms with Gasteiger partial charge in [-0.1, -0.05) is 25.1 Å². The molecule has 5 heteroatoms. The fourth-order valence-electron chi connectivity index (χ4n) is 2.86. The predicted octanol–water partition coefficient (Wildman–Crippen LogP) is 2.86. The highest BCUT2D eigenvalue weighted by molar-refractivity contribution is 5.85. The zero-order valence-electron chi connectivity index (χ0n) is 13.4. The summed E-state index contributed by atoms with van der Waals surface area (Å²) in [6, 6.07) is 14.4. The minimum absolute atomic E-state index is 0. The van der Waals surface area contributed by atoms with Crippen molar-refractivity contribution in [2.45, 2.75) is 26.1 Å². The van der Waals surface area contributed by atoms with Crippen LogP contribution in [0.3, 0.4) is 0 Å². The molecule has 2 heterocycles. The van der Waals surface area contributed by atoms with Gasteiger partial charge in [-0.05, 0) is 35.7 Å². The van der Waals surface area contributed by atoms with Crippen LogP contribution in [0.4, 0.5) is 0 Å². The lowest BCUT2D eigenvalue weighted by Crippen LogP contribution is -2.28. The minimum atomic E-state index is 0. The Morgan fingerprint density at radius 1 is 1.22 bits per heavy atom. The summed E-state index contributed by atoms with van der Waals surface area (Å²) >= 11 is 0. The average molecular weight is 334 g/mol. The SMILES string of the molecule is CC1CN(Cc2cccc(OCc3ccccn3)c2)CC1N.Cl. The number of halogens is 1. The van der Waals surface area contributed by atoms with Crippen LogP contribution in [-0.4, -0.2) is 29.0 Å². The van der Waals surface area contributed by atoms with E-state index in [1.165, 1.54) is 5.56 Å². The van der Waals surface area contributed by atoms with Crippen LogP contribution in [0.5, 0.6) is 5.75 Å². The van der Waals surface area contributed by atoms with Crippen LogP contribution in [0.15, 0.2) is 48.7 Å². The van der Waals surface area contributed by atoms with Crippen molar-refractivity contribution in [3.8, 4) is 5.75 Å². The summed E-state index contributed by atoms with van der Waals surface area (Å²) in [5.41, 5.74) is 8.29. The van der Waals surface area contributed by atoms with Crippen LogP contribution in [-0.2, 0) is 13.2 Å². The third-order valence-electron chi connectivity index (χ3n) is 4.16. The number of likely N-dealkylation sites (tertiary alicyclic amines) is 1. The highest BCUT2D eigenvalue weighted by Gasteiger charge is 2.26. The van der Waals surface area contributed by atoms with Gasteiger partial charge in [-0.3, -0.25) is 9.88 Å². The van der Waals surface area contributed by atoms with Gasteiger partial charge in [0.05, 0.1) is 5.69 Å². The summed E-state index contributed by atoms with van der Waals surface area (Å²) in [6.07, 6.45) is 1.78. The van der Waals surface area contributed by atoms with Crippen molar-refractivity contribution < 1.29 is 4.74 Å². The lowest BCUT2D eigenvalue weighted by atomic mass is 10.1. The molecular formula is C18H24ClN3O. The van der Waals surface area contributed by atoms with E-state index in [9.17, 15) is 0 Å². The Hall–Kier alpha value is -1.62. The van der Waals surface area contributed by atoms with E-state index in [2.05, 4.69) is 28.9 Å². The number of nitrogens with zero attached hydrogens (tertiary/aromatic N) is 2. The number of benzene rings is 1. The van der Waals surface area contributed by atoms with E-state index in [0.29, 0.717) is 18.6 Å². The summed E-state index contributed by atoms with van der Waals surface area (Å²) in [4.78, 5) is 6.68. The van der Waals surface area contributed by atoms with Crippen molar-refractivity contribution in [3.63, 3.8) is 0 Å². The van der Waals surface area contributed by atoms with E-state index < -0.39 is 0 Å². The molecule has 3 rings (SSSR count). The van der Waals surface area contributed by atoms with E-state index in [1.54, 1.807) is 6.20 Å². The molecule has 2 unspecified atom stereocenters. The van der Waals surface area contributed by atoms with Crippen LogP contribution < -0.4 is 10.5 Å². The highest BCUT2D eigenvalue weighted by atomic mass is 35.5. The number of rotatable bonds is 5. The highest BCUT2D eigenvalue weighted by Crippen LogP contribution is 2.20. The largest absolute Gasteiger partial charge is 0.487 e. The molecule has 1 aromatic carbocycles. The van der Waals surface area contributed by atoms with Gasteiger partial charge in [0.2, 0.25) is 0 Å². The number of nitrogens with two attached hydrogens (primary N) is 1. The van der Waals surface area contributed by atoms with Crippen molar-refractivity contribution in [2.24, 2.45) is 11.7 Å². The molecule has 2 N–H and O–H groups in total. The van der Waals surface area contributed by atoms with Gasteiger partial charge in [0.15, 0.2) is 0 Å². The Balaban J connectivity index is 0.00000192. The zero-order valence-corrected chi connectivity index (χ0v) is 14.2. The Morgan fingerprint density at radius 3 is 2.78 bits per heavy atom. The zero-order chi connectivity index (χ0) is 15.4. The molecule has 1 aliphatic rings. The maximum atomic E-state index is 6.09. The molecule has 1 saturated heterocycles. The summed E-state index contributed by atoms with van der Waals surface area (Å²) in [6.45, 7) is 5.69. The van der Waals surface area contributed by atoms with Gasteiger partial charge in [-0.15, -0.1) is 12.4 Å². The van der Waals surface area contributed by atoms with Gasteiger partial charge in [-0.2, -0.15) is 0 Å². The van der Waals surface area contributed by atoms with Crippen LogP contribution in [0.1, 0.15) is 18.2 Å². The molecule has 4 nitrogen and oxygen atoms in total. The number of pyridine rings is 1. The first-order valence-corrected chi connectivity index (χ1v) is 7.80. The van der Waals surface area contributed by atoms with Crippen molar-refractivity contribution in [1.82, 2.24) is 9.88 Å². The monoisotopic (exact) mass is 333 g/mol. The van der Waals surface area contributed by atoms with Gasteiger partial charge in [-0.25, -0.2) is 0 Å². The molecule has 0 bridgehead atoms. The molecule has 1 aromatic heterocycles. The third-order valence-corrected chi connectivity index (χ3v) is 4.16. The third kappa shape index (κ3) is 4.93. The smallest absolute Gasteiger partial charge is 0.130 e. The Labute approximate surface area is 144 Å². The number of hydrogen-bond donors (Lipinski definition) is 1. The maximum Gasteiger partial charge on any atom is 0.130 e. The topological polar surface area (TPSA) is 51.4 Å². The van der Waals surface area contributed by atoms with Crippen LogP contribution in [0, 0.1) is 5.92 Å². The Morgan fingerprint density at radius 2 is 2.09 bits per heavy atom. The lowest BCUT2D eigenvalue weighted by molar-refractivity contribution is 0.297. The van der Waals surface area contributed by atoms with Gasteiger partial charge in [0.25, 0.3) is 0 Å². The van der Waals surface area contributed by atoms with Gasteiger partial charge >= 0.3 is 0 Å². The van der Waals surface area contributed by atoms with E-state index in [0.717, 1.165) is 31.1 Å². The molecule has 124 valence electrons. The summed E-state index contributed by atoms with van der Waals surface area (Å²) in [7, 11) is 0. The fourth-order valence-corrected chi connectivity index (χ4v) is 2.86. The minimum Gasteiger partial charge on any atom is -0.487 e. The predicted molar refractivity (Wildman–Crippen MR) is 94.7 cm³/mol. The average Bonchev–Trinajstić information content (AvgIpc) is 2.84. The molecule has 1 aliphatic heterocycles. The molecule has 0 radical (unpaired) electrons. The Kier molecular flexibility index (Phi) is 6.39. The first-order chi connectivity index (χ1) is 10.7. The molecule has 23 heavy (non-hydrogen) atoms. The Bertz CT molecular complexity index is 598. The maximum absolute atomic E-state index is 6.09. The second-order valence-electron chi connectivity index (χ2n) is 6.09. The second kappa shape index (κ2) is 8.29. The quantitative estimate of drug-likeness (QED) is 0.914. The molecule has 0 aliphatic carbocycles. The number of aromatic nitrogens is 1. The molecule has 0 saturated carbocycles. The summed E-state index contributed by atoms with van der Waals surface area (Å²) in [5.74, 6) is 1.46. The normalized spacial score (nSPS) is 21.0. The van der Waals surface area contributed by atoms with E-state index in [-0.39, 0.29) is 12.4 Å². The summed E-state index contributed by atoms with van der Waals surface area (Å²) < 4.78 is 5.83. The van der Waals surface area contributed by atoms with E-state index >= 15 is 0 Å². The molecular weight excluding hydrogens is 310 g/mol. The second-order valence-corrected chi connectivity index (χ2v) is 6.09. The number of hydrogen-bond acceptors (Lipinski definition) is 4. The number of ether oxygens (including phenoxy) is 1.